The number of hydrogen-bond acceptors (Lipinski definition) is 3. The molecule has 2 atom stereocenters. The van der Waals surface area contributed by atoms with Crippen LogP contribution in [0.15, 0.2) is 42.2 Å². The number of ether oxygens (including phenoxy) is 3. The van der Waals surface area contributed by atoms with Crippen LogP contribution in [0, 0.1) is 0 Å². The summed E-state index contributed by atoms with van der Waals surface area (Å²) in [6.07, 6.45) is 19.9. The molecule has 2 aromatic carbocycles. The molecule has 2 rings (SSSR count). The Morgan fingerprint density at radius 3 is 1.36 bits per heavy atom. The summed E-state index contributed by atoms with van der Waals surface area (Å²) in [5.41, 5.74) is 2.33. The molecule has 3 nitrogen and oxygen atoms in total. The number of benzene rings is 2. The van der Waals surface area contributed by atoms with E-state index in [1.54, 1.807) is 0 Å². The standard InChI is InChI=1S/C35H49Br7O3/c1-2-3-4-5-6-7-8-9-10-11-12-13-14-15-16-43-29(23-37)25-45-35-32(41)20-27(21-33(35)42)17-26-18-30(39)34(31(40)19-26)44-24-28(38)22-36/h18-21,28-29H,2-17,22-25H2,1H3. The van der Waals surface area contributed by atoms with Crippen molar-refractivity contribution in [2.45, 2.75) is 114 Å². The van der Waals surface area contributed by atoms with E-state index >= 15 is 0 Å². The zero-order chi connectivity index (χ0) is 32.9. The third kappa shape index (κ3) is 18.2. The first-order valence-corrected chi connectivity index (χ1v) is 22.7. The summed E-state index contributed by atoms with van der Waals surface area (Å²) in [5, 5.41) is 1.57. The number of rotatable bonds is 26. The Labute approximate surface area is 331 Å². The Hall–Kier alpha value is 1.36. The third-order valence-corrected chi connectivity index (χ3v) is 12.9. The Balaban J connectivity index is 1.68. The zero-order valence-corrected chi connectivity index (χ0v) is 37.6. The van der Waals surface area contributed by atoms with Crippen molar-refractivity contribution in [1.29, 1.82) is 0 Å². The van der Waals surface area contributed by atoms with Gasteiger partial charge in [0.15, 0.2) is 0 Å². The predicted octanol–water partition coefficient (Wildman–Crippen LogP) is 14.5. The van der Waals surface area contributed by atoms with Crippen LogP contribution in [0.4, 0.5) is 0 Å². The molecule has 0 aliphatic rings. The monoisotopic (exact) mass is 1070 g/mol. The maximum absolute atomic E-state index is 6.22. The Kier molecular flexibility index (Phi) is 24.8. The first kappa shape index (κ1) is 42.5. The molecule has 0 amide bonds. The van der Waals surface area contributed by atoms with Crippen molar-refractivity contribution in [1.82, 2.24) is 0 Å². The summed E-state index contributed by atoms with van der Waals surface area (Å²) in [5.74, 6) is 1.61. The van der Waals surface area contributed by atoms with E-state index in [1.807, 2.05) is 0 Å². The smallest absolute Gasteiger partial charge is 0.147 e. The van der Waals surface area contributed by atoms with E-state index in [2.05, 4.69) is 143 Å². The molecular weight excluding hydrogens is 1030 g/mol. The van der Waals surface area contributed by atoms with Gasteiger partial charge in [-0.3, -0.25) is 0 Å². The lowest BCUT2D eigenvalue weighted by Gasteiger charge is -2.18. The fourth-order valence-electron chi connectivity index (χ4n) is 5.02. The lowest BCUT2D eigenvalue weighted by Crippen LogP contribution is -2.24. The van der Waals surface area contributed by atoms with Crippen molar-refractivity contribution in [3.8, 4) is 11.5 Å². The molecule has 0 aliphatic heterocycles. The van der Waals surface area contributed by atoms with Crippen LogP contribution in [0.25, 0.3) is 0 Å². The molecule has 0 fully saturated rings. The fourth-order valence-corrected chi connectivity index (χ4v) is 8.73. The molecule has 0 radical (unpaired) electrons. The van der Waals surface area contributed by atoms with Gasteiger partial charge in [-0.05, 0) is 112 Å². The normalized spacial score (nSPS) is 12.8. The van der Waals surface area contributed by atoms with Crippen LogP contribution in [0.3, 0.4) is 0 Å². The first-order valence-electron chi connectivity index (χ1n) is 16.4. The summed E-state index contributed by atoms with van der Waals surface area (Å²) in [7, 11) is 0. The number of hydrogen-bond donors (Lipinski definition) is 0. The number of alkyl halides is 3. The topological polar surface area (TPSA) is 27.7 Å². The highest BCUT2D eigenvalue weighted by Gasteiger charge is 2.16. The van der Waals surface area contributed by atoms with Gasteiger partial charge < -0.3 is 14.2 Å². The number of halogens is 7. The lowest BCUT2D eigenvalue weighted by atomic mass is 10.0. The van der Waals surface area contributed by atoms with Crippen molar-refractivity contribution >= 4 is 112 Å². The Morgan fingerprint density at radius 2 is 0.956 bits per heavy atom. The van der Waals surface area contributed by atoms with Crippen molar-refractivity contribution < 1.29 is 14.2 Å². The van der Waals surface area contributed by atoms with Gasteiger partial charge in [-0.25, -0.2) is 0 Å². The second kappa shape index (κ2) is 26.2. The van der Waals surface area contributed by atoms with Gasteiger partial charge in [0, 0.05) is 17.3 Å². The van der Waals surface area contributed by atoms with Gasteiger partial charge in [-0.2, -0.15) is 0 Å². The highest BCUT2D eigenvalue weighted by atomic mass is 79.9. The Bertz CT molecular complexity index is 1040. The maximum atomic E-state index is 6.22. The molecule has 256 valence electrons. The quantitative estimate of drug-likeness (QED) is 0.0694. The minimum Gasteiger partial charge on any atom is -0.490 e. The van der Waals surface area contributed by atoms with E-state index in [-0.39, 0.29) is 10.9 Å². The first-order chi connectivity index (χ1) is 21.8. The second-order valence-electron chi connectivity index (χ2n) is 11.6. The van der Waals surface area contributed by atoms with E-state index in [0.717, 1.165) is 59.5 Å². The van der Waals surface area contributed by atoms with Gasteiger partial charge in [0.25, 0.3) is 0 Å². The molecule has 0 aliphatic carbocycles. The maximum Gasteiger partial charge on any atom is 0.147 e. The predicted molar refractivity (Wildman–Crippen MR) is 218 cm³/mol. The molecule has 0 bridgehead atoms. The molecule has 0 spiro atoms. The average molecular weight is 1080 g/mol. The van der Waals surface area contributed by atoms with Crippen LogP contribution in [-0.2, 0) is 11.2 Å². The molecule has 45 heavy (non-hydrogen) atoms. The molecule has 2 aromatic rings. The highest BCUT2D eigenvalue weighted by Crippen LogP contribution is 2.38. The van der Waals surface area contributed by atoms with E-state index in [0.29, 0.717) is 13.2 Å². The van der Waals surface area contributed by atoms with E-state index in [9.17, 15) is 0 Å². The highest BCUT2D eigenvalue weighted by molar-refractivity contribution is 9.12. The summed E-state index contributed by atoms with van der Waals surface area (Å²) < 4.78 is 22.1. The lowest BCUT2D eigenvalue weighted by molar-refractivity contribution is 0.0335. The molecular formula is C35H49Br7O3. The van der Waals surface area contributed by atoms with Gasteiger partial charge in [0.1, 0.15) is 30.8 Å². The summed E-state index contributed by atoms with van der Waals surface area (Å²) in [6, 6.07) is 8.46. The van der Waals surface area contributed by atoms with Crippen LogP contribution in [0.1, 0.15) is 108 Å². The van der Waals surface area contributed by atoms with Gasteiger partial charge >= 0.3 is 0 Å². The minimum atomic E-state index is 0.00947. The van der Waals surface area contributed by atoms with Crippen LogP contribution >= 0.6 is 112 Å². The summed E-state index contributed by atoms with van der Waals surface area (Å²) in [6.45, 7) is 4.13. The zero-order valence-electron chi connectivity index (χ0n) is 26.5. The molecule has 10 heteroatoms. The van der Waals surface area contributed by atoms with E-state index in [1.165, 1.54) is 94.6 Å². The average Bonchev–Trinajstić information content (AvgIpc) is 3.00. The van der Waals surface area contributed by atoms with Crippen LogP contribution in [0.5, 0.6) is 11.5 Å². The SMILES string of the molecule is CCCCCCCCCCCCCCCCOC(CBr)COc1c(Br)cc(Cc2cc(Br)c(OCC(Br)CBr)c(Br)c2)cc1Br. The van der Waals surface area contributed by atoms with Crippen LogP contribution in [-0.4, -0.2) is 41.4 Å². The third-order valence-electron chi connectivity index (χ3n) is 7.54. The Morgan fingerprint density at radius 1 is 0.556 bits per heavy atom. The molecule has 0 heterocycles. The summed E-state index contributed by atoms with van der Waals surface area (Å²) in [4.78, 5) is 0.247. The minimum absolute atomic E-state index is 0.00947. The molecule has 0 aromatic heterocycles. The van der Waals surface area contributed by atoms with Crippen molar-refractivity contribution in [3.63, 3.8) is 0 Å². The molecule has 0 N–H and O–H groups in total. The largest absolute Gasteiger partial charge is 0.490 e. The van der Waals surface area contributed by atoms with E-state index < -0.39 is 0 Å². The van der Waals surface area contributed by atoms with Crippen molar-refractivity contribution in [2.75, 3.05) is 30.5 Å². The molecule has 0 saturated carbocycles. The van der Waals surface area contributed by atoms with Crippen LogP contribution in [0.2, 0.25) is 0 Å². The fraction of sp³-hybridized carbons (Fsp3) is 0.657. The second-order valence-corrected chi connectivity index (χ2v) is 17.6. The molecule has 0 saturated heterocycles. The van der Waals surface area contributed by atoms with Gasteiger partial charge in [-0.1, -0.05) is 138 Å². The van der Waals surface area contributed by atoms with Crippen LogP contribution < -0.4 is 9.47 Å². The van der Waals surface area contributed by atoms with Gasteiger partial charge in [-0.15, -0.1) is 0 Å². The summed E-state index contributed by atoms with van der Waals surface area (Å²) >= 11 is 25.5. The van der Waals surface area contributed by atoms with Gasteiger partial charge in [0.2, 0.25) is 0 Å². The molecule has 2 unspecified atom stereocenters. The van der Waals surface area contributed by atoms with Gasteiger partial charge in [0.05, 0.1) is 22.7 Å². The van der Waals surface area contributed by atoms with E-state index in [4.69, 9.17) is 14.2 Å². The number of unbranched alkanes of at least 4 members (excludes halogenated alkanes) is 13. The van der Waals surface area contributed by atoms with Crippen molar-refractivity contribution in [2.24, 2.45) is 0 Å². The van der Waals surface area contributed by atoms with Crippen molar-refractivity contribution in [3.05, 3.63) is 53.3 Å².